The molecule has 0 aliphatic heterocycles. The summed E-state index contributed by atoms with van der Waals surface area (Å²) in [5, 5.41) is 15.7. The number of amides is 2. The number of carboxylic acid groups (broad SMARTS) is 1. The average Bonchev–Trinajstić information content (AvgIpc) is 3.45. The molecule has 0 saturated heterocycles. The predicted molar refractivity (Wildman–Crippen MR) is 292 cm³/mol. The molecule has 2 amide bonds. The number of rotatable bonds is 25. The smallest absolute Gasteiger partial charge is 0.335 e. The summed E-state index contributed by atoms with van der Waals surface area (Å²) in [6.45, 7) is 11.2. The van der Waals surface area contributed by atoms with Crippen molar-refractivity contribution in [3.8, 4) is 11.5 Å². The van der Waals surface area contributed by atoms with Crippen LogP contribution in [0.3, 0.4) is 0 Å². The standard InChI is InChI=1S/C55H52N2O8S.C6H15N/c1-62-49-29-25-44(26-30-49)54(43-17-7-3-8-18-43,45-27-31-50(63-2)32-28-45)64-35-15-33-56-51(58)40-37-41(39-42(38-40)53(60)61)52(59)57-34-16-36-65-66-55(46-19-9-4-10-20-46,47-21-11-5-12-22-47)48-23-13-6-14-24-48;1-4-7(5-2)6-3/h3-14,17-32,37-39H,15-16,33-36H2,1-2H3,(H,56,58)(H,57,59)(H,60,61);4-6H2,1-3H3. The molecule has 0 aliphatic carbocycles. The summed E-state index contributed by atoms with van der Waals surface area (Å²) in [4.78, 5) is 41.5. The van der Waals surface area contributed by atoms with Gasteiger partial charge in [0.2, 0.25) is 0 Å². The molecule has 11 nitrogen and oxygen atoms in total. The zero-order valence-corrected chi connectivity index (χ0v) is 43.2. The molecule has 7 aromatic carbocycles. The van der Waals surface area contributed by atoms with Crippen LogP contribution in [0, 0.1) is 0 Å². The van der Waals surface area contributed by atoms with E-state index in [2.05, 4.69) is 72.7 Å². The number of carbonyl (C=O) groups excluding carboxylic acids is 2. The van der Waals surface area contributed by atoms with Gasteiger partial charge in [-0.2, -0.15) is 0 Å². The molecule has 0 unspecified atom stereocenters. The van der Waals surface area contributed by atoms with Crippen molar-refractivity contribution in [3.63, 3.8) is 0 Å². The van der Waals surface area contributed by atoms with E-state index in [4.69, 9.17) is 18.4 Å². The molecule has 0 atom stereocenters. The van der Waals surface area contributed by atoms with Crippen molar-refractivity contribution < 1.29 is 37.9 Å². The number of carboxylic acids is 1. The van der Waals surface area contributed by atoms with Crippen molar-refractivity contribution in [3.05, 3.63) is 238 Å². The van der Waals surface area contributed by atoms with Crippen LogP contribution in [0.5, 0.6) is 11.5 Å². The Labute approximate surface area is 435 Å². The highest BCUT2D eigenvalue weighted by Gasteiger charge is 2.39. The first-order chi connectivity index (χ1) is 35.6. The second kappa shape index (κ2) is 28.1. The monoisotopic (exact) mass is 1000 g/mol. The number of hydrogen-bond donors (Lipinski definition) is 3. The zero-order chi connectivity index (χ0) is 51.9. The van der Waals surface area contributed by atoms with Crippen molar-refractivity contribution in [2.75, 3.05) is 60.2 Å². The Morgan fingerprint density at radius 3 is 1.21 bits per heavy atom. The Hall–Kier alpha value is -7.22. The molecule has 0 radical (unpaired) electrons. The molecular weight excluding hydrogens is 935 g/mol. The van der Waals surface area contributed by atoms with Gasteiger partial charge in [0.05, 0.1) is 33.0 Å². The van der Waals surface area contributed by atoms with Crippen LogP contribution in [0.4, 0.5) is 0 Å². The summed E-state index contributed by atoms with van der Waals surface area (Å²) in [5.74, 6) is -0.866. The number of nitrogens with one attached hydrogen (secondary N) is 2. The Kier molecular flexibility index (Phi) is 21.2. The van der Waals surface area contributed by atoms with Gasteiger partial charge in [0, 0.05) is 36.3 Å². The summed E-state index contributed by atoms with van der Waals surface area (Å²) in [5.41, 5.74) is 4.75. The average molecular weight is 1000 g/mol. The van der Waals surface area contributed by atoms with Gasteiger partial charge in [0.15, 0.2) is 0 Å². The summed E-state index contributed by atoms with van der Waals surface area (Å²) in [6, 6.07) is 59.9. The Morgan fingerprint density at radius 1 is 0.493 bits per heavy atom. The van der Waals surface area contributed by atoms with Crippen molar-refractivity contribution in [1.29, 1.82) is 0 Å². The zero-order valence-electron chi connectivity index (χ0n) is 42.4. The van der Waals surface area contributed by atoms with E-state index >= 15 is 0 Å². The van der Waals surface area contributed by atoms with Crippen LogP contribution in [0.2, 0.25) is 0 Å². The minimum atomic E-state index is -1.26. The number of ether oxygens (including phenoxy) is 3. The SMILES string of the molecule is CCN(CC)CC.COc1ccc(C(OCCCNC(=O)c2cc(C(=O)O)cc(C(=O)NCCCOSC(c3ccccc3)(c3ccccc3)c3ccccc3)c2)(c2ccccc2)c2ccc(OC)cc2)cc1. The third kappa shape index (κ3) is 14.3. The van der Waals surface area contributed by atoms with Gasteiger partial charge in [-0.25, -0.2) is 4.79 Å². The van der Waals surface area contributed by atoms with Crippen LogP contribution >= 0.6 is 12.0 Å². The van der Waals surface area contributed by atoms with Gasteiger partial charge in [-0.15, -0.1) is 0 Å². The number of nitrogens with zero attached hydrogens (tertiary/aromatic N) is 1. The fourth-order valence-corrected chi connectivity index (χ4v) is 9.66. The second-order valence-corrected chi connectivity index (χ2v) is 18.0. The molecule has 0 saturated carbocycles. The largest absolute Gasteiger partial charge is 0.497 e. The van der Waals surface area contributed by atoms with Gasteiger partial charge in [-0.05, 0) is 108 Å². The topological polar surface area (TPSA) is 136 Å². The summed E-state index contributed by atoms with van der Waals surface area (Å²) >= 11 is 1.36. The lowest BCUT2D eigenvalue weighted by Crippen LogP contribution is -2.34. The first kappa shape index (κ1) is 55.1. The van der Waals surface area contributed by atoms with E-state index in [-0.39, 0.29) is 36.4 Å². The molecule has 3 N–H and O–H groups in total. The van der Waals surface area contributed by atoms with E-state index in [1.807, 2.05) is 133 Å². The molecule has 7 rings (SSSR count). The maximum absolute atomic E-state index is 13.5. The van der Waals surface area contributed by atoms with E-state index in [1.54, 1.807) is 14.2 Å². The number of aromatic carboxylic acids is 1. The Morgan fingerprint density at radius 2 is 0.849 bits per heavy atom. The molecule has 0 spiro atoms. The molecule has 0 heterocycles. The Bertz CT molecular complexity index is 2610. The molecule has 0 aromatic heterocycles. The first-order valence-electron chi connectivity index (χ1n) is 24.8. The predicted octanol–water partition coefficient (Wildman–Crippen LogP) is 11.7. The molecule has 73 heavy (non-hydrogen) atoms. The third-order valence-electron chi connectivity index (χ3n) is 12.6. The lowest BCUT2D eigenvalue weighted by atomic mass is 9.80. The minimum absolute atomic E-state index is 0.0508. The molecular formula is C61H67N3O8S. The lowest BCUT2D eigenvalue weighted by molar-refractivity contribution is 0.0117. The van der Waals surface area contributed by atoms with Crippen LogP contribution in [0.1, 0.15) is 98.1 Å². The number of carbonyl (C=O) groups is 3. The van der Waals surface area contributed by atoms with Gasteiger partial charge in [-0.1, -0.05) is 166 Å². The van der Waals surface area contributed by atoms with E-state index in [0.29, 0.717) is 30.9 Å². The molecule has 0 fully saturated rings. The molecule has 7 aromatic rings. The van der Waals surface area contributed by atoms with Crippen molar-refractivity contribution in [2.45, 2.75) is 44.0 Å². The quantitative estimate of drug-likeness (QED) is 0.0288. The molecule has 380 valence electrons. The maximum Gasteiger partial charge on any atom is 0.335 e. The van der Waals surface area contributed by atoms with Crippen molar-refractivity contribution >= 4 is 29.8 Å². The fraction of sp³-hybridized carbons (Fsp3) is 0.262. The van der Waals surface area contributed by atoms with E-state index in [0.717, 1.165) is 33.4 Å². The number of benzene rings is 7. The van der Waals surface area contributed by atoms with Gasteiger partial charge >= 0.3 is 5.97 Å². The van der Waals surface area contributed by atoms with Crippen LogP contribution in [-0.2, 0) is 19.3 Å². The normalized spacial score (nSPS) is 11.3. The minimum Gasteiger partial charge on any atom is -0.497 e. The number of methoxy groups -OCH3 is 2. The Balaban J connectivity index is 0.00000116. The summed E-state index contributed by atoms with van der Waals surface area (Å²) in [6.07, 6.45) is 0.895. The molecule has 12 heteroatoms. The first-order valence-corrected chi connectivity index (χ1v) is 25.5. The van der Waals surface area contributed by atoms with Crippen LogP contribution in [0.25, 0.3) is 0 Å². The highest BCUT2D eigenvalue weighted by molar-refractivity contribution is 7.96. The summed E-state index contributed by atoms with van der Waals surface area (Å²) < 4.78 is 23.5. The van der Waals surface area contributed by atoms with E-state index < -0.39 is 28.1 Å². The van der Waals surface area contributed by atoms with E-state index in [1.165, 1.54) is 49.9 Å². The van der Waals surface area contributed by atoms with Gasteiger partial charge in [-0.3, -0.25) is 9.59 Å². The fourth-order valence-electron chi connectivity index (χ4n) is 8.59. The van der Waals surface area contributed by atoms with Crippen LogP contribution in [-0.4, -0.2) is 87.9 Å². The lowest BCUT2D eigenvalue weighted by Gasteiger charge is -2.36. The van der Waals surface area contributed by atoms with E-state index in [9.17, 15) is 19.5 Å². The summed E-state index contributed by atoms with van der Waals surface area (Å²) in [7, 11) is 3.24. The second-order valence-electron chi connectivity index (χ2n) is 17.0. The van der Waals surface area contributed by atoms with Crippen molar-refractivity contribution in [1.82, 2.24) is 15.5 Å². The van der Waals surface area contributed by atoms with Gasteiger partial charge in [0.25, 0.3) is 11.8 Å². The maximum atomic E-state index is 13.5. The van der Waals surface area contributed by atoms with Crippen LogP contribution in [0.15, 0.2) is 188 Å². The molecule has 0 bridgehead atoms. The highest BCUT2D eigenvalue weighted by atomic mass is 32.2. The van der Waals surface area contributed by atoms with Gasteiger partial charge in [0.1, 0.15) is 21.8 Å². The highest BCUT2D eigenvalue weighted by Crippen LogP contribution is 2.49. The molecule has 0 aliphatic rings. The van der Waals surface area contributed by atoms with Crippen LogP contribution < -0.4 is 20.1 Å². The van der Waals surface area contributed by atoms with Crippen molar-refractivity contribution in [2.24, 2.45) is 0 Å². The number of hydrogen-bond acceptors (Lipinski definition) is 9. The van der Waals surface area contributed by atoms with Gasteiger partial charge < -0.3 is 39.0 Å². The third-order valence-corrected chi connectivity index (χ3v) is 13.8.